The zero-order chi connectivity index (χ0) is 23.6. The average Bonchev–Trinajstić information content (AvgIpc) is 3.25. The van der Waals surface area contributed by atoms with Crippen molar-refractivity contribution in [3.8, 4) is 5.75 Å². The van der Waals surface area contributed by atoms with Crippen LogP contribution in [-0.2, 0) is 16.3 Å². The Kier molecular flexibility index (Phi) is 5.90. The quantitative estimate of drug-likeness (QED) is 0.371. The Labute approximate surface area is 186 Å². The standard InChI is InChI=1S/C22H16F3N3O4S/c23-22(24,25)32-19-3-1-2-4-20(19)33(30,31)17-8-5-15(6-9-17)7-10-18(29)16-13-27-21-26-11-12-28(21)14-16/h1-6,8-9,11-14H,7,10H2. The van der Waals surface area contributed by atoms with Crippen molar-refractivity contribution in [3.05, 3.63) is 84.4 Å². The third-order valence-corrected chi connectivity index (χ3v) is 6.62. The van der Waals surface area contributed by atoms with Crippen molar-refractivity contribution in [3.63, 3.8) is 0 Å². The molecule has 11 heteroatoms. The molecule has 4 aromatic rings. The van der Waals surface area contributed by atoms with E-state index in [1.54, 1.807) is 23.0 Å². The van der Waals surface area contributed by atoms with Gasteiger partial charge in [-0.3, -0.25) is 9.20 Å². The minimum Gasteiger partial charge on any atom is -0.404 e. The first kappa shape index (κ1) is 22.5. The van der Waals surface area contributed by atoms with Crippen LogP contribution in [0.1, 0.15) is 22.3 Å². The molecule has 0 amide bonds. The van der Waals surface area contributed by atoms with E-state index in [1.807, 2.05) is 0 Å². The van der Waals surface area contributed by atoms with Crippen LogP contribution in [0, 0.1) is 0 Å². The van der Waals surface area contributed by atoms with E-state index < -0.39 is 26.8 Å². The summed E-state index contributed by atoms with van der Waals surface area (Å²) in [6.45, 7) is 0. The van der Waals surface area contributed by atoms with E-state index in [-0.39, 0.29) is 17.1 Å². The van der Waals surface area contributed by atoms with Gasteiger partial charge in [0.15, 0.2) is 5.78 Å². The van der Waals surface area contributed by atoms with E-state index in [4.69, 9.17) is 0 Å². The number of alkyl halides is 3. The van der Waals surface area contributed by atoms with Crippen LogP contribution in [-0.4, -0.2) is 34.9 Å². The molecule has 7 nitrogen and oxygen atoms in total. The topological polar surface area (TPSA) is 90.6 Å². The Balaban J connectivity index is 1.48. The van der Waals surface area contributed by atoms with Crippen LogP contribution in [0.2, 0.25) is 0 Å². The highest BCUT2D eigenvalue weighted by Crippen LogP contribution is 2.33. The van der Waals surface area contributed by atoms with Crippen molar-refractivity contribution < 1.29 is 31.1 Å². The minimum absolute atomic E-state index is 0.145. The summed E-state index contributed by atoms with van der Waals surface area (Å²) in [6, 6.07) is 10.2. The summed E-state index contributed by atoms with van der Waals surface area (Å²) in [5, 5.41) is 0. The molecule has 0 aliphatic heterocycles. The van der Waals surface area contributed by atoms with E-state index in [0.29, 0.717) is 23.3 Å². The summed E-state index contributed by atoms with van der Waals surface area (Å²) >= 11 is 0. The smallest absolute Gasteiger partial charge is 0.404 e. The number of hydrogen-bond acceptors (Lipinski definition) is 6. The number of ketones is 1. The first-order valence-corrected chi connectivity index (χ1v) is 11.1. The van der Waals surface area contributed by atoms with Gasteiger partial charge in [-0.25, -0.2) is 18.4 Å². The molecule has 2 aromatic heterocycles. The Morgan fingerprint density at radius 1 is 1.03 bits per heavy atom. The van der Waals surface area contributed by atoms with Gasteiger partial charge in [0.2, 0.25) is 15.6 Å². The number of Topliss-reactive ketones (excluding diaryl/α,β-unsaturated/α-hetero) is 1. The van der Waals surface area contributed by atoms with Crippen molar-refractivity contribution in [2.45, 2.75) is 29.0 Å². The summed E-state index contributed by atoms with van der Waals surface area (Å²) in [7, 11) is -4.26. The van der Waals surface area contributed by atoms with Gasteiger partial charge >= 0.3 is 6.36 Å². The zero-order valence-corrected chi connectivity index (χ0v) is 17.7. The van der Waals surface area contributed by atoms with Crippen molar-refractivity contribution >= 4 is 21.4 Å². The van der Waals surface area contributed by atoms with Crippen LogP contribution in [0.15, 0.2) is 83.1 Å². The average molecular weight is 475 g/mol. The maximum atomic E-state index is 12.9. The molecule has 0 aliphatic rings. The minimum atomic E-state index is -5.03. The van der Waals surface area contributed by atoms with Crippen LogP contribution in [0.3, 0.4) is 0 Å². The van der Waals surface area contributed by atoms with Gasteiger partial charge < -0.3 is 4.74 Å². The summed E-state index contributed by atoms with van der Waals surface area (Å²) in [5.41, 5.74) is 1.11. The lowest BCUT2D eigenvalue weighted by atomic mass is 10.0. The van der Waals surface area contributed by atoms with E-state index >= 15 is 0 Å². The SMILES string of the molecule is O=C(CCc1ccc(S(=O)(=O)c2ccccc2OC(F)(F)F)cc1)c1cnc2nccn2c1. The predicted molar refractivity (Wildman–Crippen MR) is 111 cm³/mol. The van der Waals surface area contributed by atoms with Gasteiger partial charge in [-0.1, -0.05) is 24.3 Å². The number of halogens is 3. The number of carbonyl (C=O) groups is 1. The van der Waals surface area contributed by atoms with Gasteiger partial charge in [-0.15, -0.1) is 13.2 Å². The van der Waals surface area contributed by atoms with Crippen LogP contribution in [0.25, 0.3) is 5.78 Å². The Morgan fingerprint density at radius 2 is 1.76 bits per heavy atom. The van der Waals surface area contributed by atoms with Crippen LogP contribution in [0.4, 0.5) is 13.2 Å². The third-order valence-electron chi connectivity index (χ3n) is 4.81. The van der Waals surface area contributed by atoms with E-state index in [0.717, 1.165) is 12.1 Å². The Bertz CT molecular complexity index is 1410. The molecule has 0 bridgehead atoms. The van der Waals surface area contributed by atoms with Crippen molar-refractivity contribution in [1.82, 2.24) is 14.4 Å². The number of para-hydroxylation sites is 1. The highest BCUT2D eigenvalue weighted by Gasteiger charge is 2.34. The van der Waals surface area contributed by atoms with Gasteiger partial charge in [-0.2, -0.15) is 0 Å². The molecular formula is C22H16F3N3O4S. The Morgan fingerprint density at radius 3 is 2.48 bits per heavy atom. The summed E-state index contributed by atoms with van der Waals surface area (Å²) in [6.07, 6.45) is 1.80. The number of benzene rings is 2. The van der Waals surface area contributed by atoms with Crippen molar-refractivity contribution in [2.75, 3.05) is 0 Å². The molecule has 4 rings (SSSR count). The molecule has 0 saturated carbocycles. The van der Waals surface area contributed by atoms with Gasteiger partial charge in [0.1, 0.15) is 10.6 Å². The number of fused-ring (bicyclic) bond motifs is 1. The van der Waals surface area contributed by atoms with E-state index in [9.17, 15) is 26.4 Å². The number of carbonyl (C=O) groups excluding carboxylic acids is 1. The highest BCUT2D eigenvalue weighted by atomic mass is 32.2. The van der Waals surface area contributed by atoms with Crippen LogP contribution in [0.5, 0.6) is 5.75 Å². The number of sulfone groups is 1. The van der Waals surface area contributed by atoms with Gasteiger partial charge in [0, 0.05) is 31.2 Å². The van der Waals surface area contributed by atoms with Crippen molar-refractivity contribution in [2.24, 2.45) is 0 Å². The second-order valence-electron chi connectivity index (χ2n) is 7.04. The molecule has 0 unspecified atom stereocenters. The lowest BCUT2D eigenvalue weighted by Gasteiger charge is -2.13. The fourth-order valence-corrected chi connectivity index (χ4v) is 4.59. The maximum Gasteiger partial charge on any atom is 0.573 e. The second-order valence-corrected chi connectivity index (χ2v) is 8.96. The number of aryl methyl sites for hydroxylation is 1. The third kappa shape index (κ3) is 5.03. The van der Waals surface area contributed by atoms with Gasteiger partial charge in [-0.05, 0) is 36.2 Å². The zero-order valence-electron chi connectivity index (χ0n) is 16.9. The Hall–Kier alpha value is -3.73. The monoisotopic (exact) mass is 475 g/mol. The molecule has 0 aliphatic carbocycles. The normalized spacial score (nSPS) is 12.1. The maximum absolute atomic E-state index is 12.9. The molecule has 2 heterocycles. The van der Waals surface area contributed by atoms with Gasteiger partial charge in [0.05, 0.1) is 10.5 Å². The number of aromatic nitrogens is 3. The summed E-state index contributed by atoms with van der Waals surface area (Å²) < 4.78 is 69.2. The van der Waals surface area contributed by atoms with E-state index in [2.05, 4.69) is 14.7 Å². The number of rotatable bonds is 7. The number of hydrogen-bond donors (Lipinski definition) is 0. The lowest BCUT2D eigenvalue weighted by Crippen LogP contribution is -2.19. The second kappa shape index (κ2) is 8.66. The van der Waals surface area contributed by atoms with Crippen LogP contribution >= 0.6 is 0 Å². The molecule has 0 saturated heterocycles. The first-order chi connectivity index (χ1) is 15.6. The molecule has 0 radical (unpaired) electrons. The fourth-order valence-electron chi connectivity index (χ4n) is 3.21. The van der Waals surface area contributed by atoms with Crippen LogP contribution < -0.4 is 4.74 Å². The van der Waals surface area contributed by atoms with Gasteiger partial charge in [0.25, 0.3) is 0 Å². The first-order valence-electron chi connectivity index (χ1n) is 9.64. The van der Waals surface area contributed by atoms with E-state index in [1.165, 1.54) is 42.6 Å². The fraction of sp³-hybridized carbons (Fsp3) is 0.136. The molecule has 0 N–H and O–H groups in total. The molecule has 0 fully saturated rings. The number of imidazole rings is 1. The molecular weight excluding hydrogens is 459 g/mol. The number of nitrogens with zero attached hydrogens (tertiary/aromatic N) is 3. The number of ether oxygens (including phenoxy) is 1. The molecule has 0 spiro atoms. The summed E-state index contributed by atoms with van der Waals surface area (Å²) in [5.74, 6) is -0.471. The summed E-state index contributed by atoms with van der Waals surface area (Å²) in [4.78, 5) is 19.8. The largest absolute Gasteiger partial charge is 0.573 e. The molecule has 0 atom stereocenters. The molecule has 2 aromatic carbocycles. The lowest BCUT2D eigenvalue weighted by molar-refractivity contribution is -0.275. The molecule has 170 valence electrons. The van der Waals surface area contributed by atoms with Crippen molar-refractivity contribution in [1.29, 1.82) is 0 Å². The predicted octanol–water partition coefficient (Wildman–Crippen LogP) is 4.28. The highest BCUT2D eigenvalue weighted by molar-refractivity contribution is 7.91. The molecule has 33 heavy (non-hydrogen) atoms.